The SMILES string of the molecule is COc1ccc([C@@]2(O)CC[C@]3(O)[C@@H]4CC=C5C[C@@H](OCCN6CCCC6)CC[C@]5(C)[C@H]4CC[C@]23C)cc1. The minimum atomic E-state index is -1.02. The van der Waals surface area contributed by atoms with Gasteiger partial charge in [-0.3, -0.25) is 0 Å². The topological polar surface area (TPSA) is 62.2 Å². The monoisotopic (exact) mass is 509 g/mol. The van der Waals surface area contributed by atoms with E-state index in [-0.39, 0.29) is 11.3 Å². The zero-order valence-corrected chi connectivity index (χ0v) is 23.2. The number of hydrogen-bond acceptors (Lipinski definition) is 5. The summed E-state index contributed by atoms with van der Waals surface area (Å²) in [7, 11) is 1.67. The van der Waals surface area contributed by atoms with Crippen LogP contribution in [0.5, 0.6) is 5.75 Å². The molecule has 0 aromatic heterocycles. The van der Waals surface area contributed by atoms with Crippen LogP contribution in [0.3, 0.4) is 0 Å². The highest BCUT2D eigenvalue weighted by Crippen LogP contribution is 2.70. The van der Waals surface area contributed by atoms with E-state index in [0.717, 1.165) is 63.0 Å². The quantitative estimate of drug-likeness (QED) is 0.500. The fourth-order valence-electron chi connectivity index (χ4n) is 9.44. The lowest BCUT2D eigenvalue weighted by atomic mass is 9.45. The van der Waals surface area contributed by atoms with Crippen LogP contribution in [0, 0.1) is 22.7 Å². The predicted molar refractivity (Wildman–Crippen MR) is 145 cm³/mol. The Balaban J connectivity index is 1.19. The fraction of sp³-hybridized carbons (Fsp3) is 0.750. The molecule has 6 rings (SSSR count). The summed E-state index contributed by atoms with van der Waals surface area (Å²) in [6, 6.07) is 7.85. The summed E-state index contributed by atoms with van der Waals surface area (Å²) in [5.41, 5.74) is 0.170. The molecule has 4 fully saturated rings. The van der Waals surface area contributed by atoms with Gasteiger partial charge in [-0.15, -0.1) is 0 Å². The first-order valence-corrected chi connectivity index (χ1v) is 14.9. The molecule has 2 N–H and O–H groups in total. The second-order valence-electron chi connectivity index (χ2n) is 13.3. The van der Waals surface area contributed by atoms with Crippen molar-refractivity contribution in [3.05, 3.63) is 41.5 Å². The maximum Gasteiger partial charge on any atom is 0.118 e. The van der Waals surface area contributed by atoms with E-state index in [9.17, 15) is 10.2 Å². The van der Waals surface area contributed by atoms with Crippen LogP contribution >= 0.6 is 0 Å². The van der Waals surface area contributed by atoms with Crippen molar-refractivity contribution < 1.29 is 19.7 Å². The number of allylic oxidation sites excluding steroid dienone is 1. The first kappa shape index (κ1) is 25.9. The number of benzene rings is 1. The Morgan fingerprint density at radius 2 is 1.70 bits per heavy atom. The Labute approximate surface area is 223 Å². The number of rotatable bonds is 6. The molecule has 5 heteroatoms. The van der Waals surface area contributed by atoms with E-state index in [2.05, 4.69) is 24.8 Å². The minimum absolute atomic E-state index is 0.135. The van der Waals surface area contributed by atoms with Gasteiger partial charge in [0.25, 0.3) is 0 Å². The molecule has 1 aromatic carbocycles. The Hall–Kier alpha value is -1.40. The molecule has 4 aliphatic carbocycles. The molecule has 1 heterocycles. The lowest BCUT2D eigenvalue weighted by Crippen LogP contribution is -2.63. The van der Waals surface area contributed by atoms with E-state index in [1.54, 1.807) is 12.7 Å². The van der Waals surface area contributed by atoms with E-state index in [0.29, 0.717) is 24.9 Å². The van der Waals surface area contributed by atoms with Crippen molar-refractivity contribution in [3.63, 3.8) is 0 Å². The van der Waals surface area contributed by atoms with Crippen molar-refractivity contribution in [3.8, 4) is 5.75 Å². The Kier molecular flexibility index (Phi) is 6.54. The average Bonchev–Trinajstić information content (AvgIpc) is 3.50. The first-order valence-electron chi connectivity index (χ1n) is 14.9. The number of ether oxygens (including phenoxy) is 2. The molecule has 1 aliphatic heterocycles. The van der Waals surface area contributed by atoms with Crippen LogP contribution in [0.2, 0.25) is 0 Å². The maximum atomic E-state index is 12.5. The summed E-state index contributed by atoms with van der Waals surface area (Å²) in [5, 5.41) is 24.7. The number of methoxy groups -OCH3 is 1. The summed E-state index contributed by atoms with van der Waals surface area (Å²) in [6.45, 7) is 9.01. The molecule has 0 spiro atoms. The van der Waals surface area contributed by atoms with Crippen LogP contribution < -0.4 is 4.74 Å². The van der Waals surface area contributed by atoms with Gasteiger partial charge in [-0.1, -0.05) is 37.6 Å². The molecular weight excluding hydrogens is 462 g/mol. The number of hydrogen-bond donors (Lipinski definition) is 2. The van der Waals surface area contributed by atoms with Crippen LogP contribution in [-0.4, -0.2) is 60.2 Å². The normalized spacial score (nSPS) is 43.6. The molecule has 204 valence electrons. The minimum Gasteiger partial charge on any atom is -0.497 e. The molecule has 37 heavy (non-hydrogen) atoms. The van der Waals surface area contributed by atoms with Crippen molar-refractivity contribution in [2.24, 2.45) is 22.7 Å². The van der Waals surface area contributed by atoms with Crippen molar-refractivity contribution in [2.75, 3.05) is 33.4 Å². The second-order valence-corrected chi connectivity index (χ2v) is 13.3. The highest BCUT2D eigenvalue weighted by molar-refractivity contribution is 5.37. The summed E-state index contributed by atoms with van der Waals surface area (Å²) < 4.78 is 11.8. The van der Waals surface area contributed by atoms with Gasteiger partial charge in [0.2, 0.25) is 0 Å². The second kappa shape index (κ2) is 9.36. The summed E-state index contributed by atoms with van der Waals surface area (Å²) in [5.74, 6) is 1.46. The van der Waals surface area contributed by atoms with Crippen LogP contribution in [0.1, 0.15) is 83.6 Å². The molecule has 0 radical (unpaired) electrons. The van der Waals surface area contributed by atoms with Gasteiger partial charge in [-0.2, -0.15) is 0 Å². The van der Waals surface area contributed by atoms with Gasteiger partial charge in [0.05, 0.1) is 31.0 Å². The van der Waals surface area contributed by atoms with Crippen LogP contribution in [0.15, 0.2) is 35.9 Å². The van der Waals surface area contributed by atoms with E-state index < -0.39 is 16.6 Å². The van der Waals surface area contributed by atoms with Gasteiger partial charge >= 0.3 is 0 Å². The molecule has 0 bridgehead atoms. The van der Waals surface area contributed by atoms with Gasteiger partial charge < -0.3 is 24.6 Å². The summed E-state index contributed by atoms with van der Waals surface area (Å²) in [4.78, 5) is 2.53. The number of fused-ring (bicyclic) bond motifs is 5. The number of nitrogens with zero attached hydrogens (tertiary/aromatic N) is 1. The molecule has 1 aromatic rings. The van der Waals surface area contributed by atoms with E-state index >= 15 is 0 Å². The van der Waals surface area contributed by atoms with Crippen molar-refractivity contribution in [1.29, 1.82) is 0 Å². The largest absolute Gasteiger partial charge is 0.497 e. The Morgan fingerprint density at radius 3 is 2.43 bits per heavy atom. The molecule has 0 unspecified atom stereocenters. The third-order valence-corrected chi connectivity index (χ3v) is 11.9. The molecule has 3 saturated carbocycles. The van der Waals surface area contributed by atoms with Gasteiger partial charge in [-0.25, -0.2) is 0 Å². The molecule has 0 amide bonds. The average molecular weight is 510 g/mol. The van der Waals surface area contributed by atoms with Crippen LogP contribution in [0.25, 0.3) is 0 Å². The van der Waals surface area contributed by atoms with Crippen molar-refractivity contribution >= 4 is 0 Å². The van der Waals surface area contributed by atoms with E-state index in [1.807, 2.05) is 24.3 Å². The van der Waals surface area contributed by atoms with Gasteiger partial charge in [-0.05, 0) is 112 Å². The zero-order valence-electron chi connectivity index (χ0n) is 23.2. The first-order chi connectivity index (χ1) is 17.7. The fourth-order valence-corrected chi connectivity index (χ4v) is 9.44. The highest BCUT2D eigenvalue weighted by Gasteiger charge is 2.71. The maximum absolute atomic E-state index is 12.5. The molecular formula is C32H47NO4. The van der Waals surface area contributed by atoms with Crippen LogP contribution in [0.4, 0.5) is 0 Å². The third-order valence-electron chi connectivity index (χ3n) is 11.9. The Morgan fingerprint density at radius 1 is 0.946 bits per heavy atom. The summed E-state index contributed by atoms with van der Waals surface area (Å²) in [6.07, 6.45) is 12.9. The van der Waals surface area contributed by atoms with E-state index in [4.69, 9.17) is 9.47 Å². The van der Waals surface area contributed by atoms with Crippen molar-refractivity contribution in [2.45, 2.75) is 95.4 Å². The van der Waals surface area contributed by atoms with Crippen LogP contribution in [-0.2, 0) is 10.3 Å². The molecule has 5 aliphatic rings. The smallest absolute Gasteiger partial charge is 0.118 e. The van der Waals surface area contributed by atoms with E-state index in [1.165, 1.54) is 25.9 Å². The zero-order chi connectivity index (χ0) is 25.9. The van der Waals surface area contributed by atoms with Gasteiger partial charge in [0.1, 0.15) is 5.75 Å². The number of aliphatic hydroxyl groups is 2. The highest BCUT2D eigenvalue weighted by atomic mass is 16.5. The van der Waals surface area contributed by atoms with Gasteiger partial charge in [0.15, 0.2) is 0 Å². The Bertz CT molecular complexity index is 1020. The third kappa shape index (κ3) is 3.86. The van der Waals surface area contributed by atoms with Crippen molar-refractivity contribution in [1.82, 2.24) is 4.90 Å². The molecule has 1 saturated heterocycles. The lowest BCUT2D eigenvalue weighted by molar-refractivity contribution is -0.218. The molecule has 5 nitrogen and oxygen atoms in total. The molecule has 7 atom stereocenters. The number of likely N-dealkylation sites (tertiary alicyclic amines) is 1. The lowest BCUT2D eigenvalue weighted by Gasteiger charge is -2.62. The van der Waals surface area contributed by atoms with Gasteiger partial charge in [0, 0.05) is 12.0 Å². The summed E-state index contributed by atoms with van der Waals surface area (Å²) >= 11 is 0. The predicted octanol–water partition coefficient (Wildman–Crippen LogP) is 5.44. The standard InChI is InChI=1S/C32H47NO4/c1-29-14-12-26(37-21-20-33-18-4-5-19-33)22-24(29)8-11-28-27(29)13-15-30(2)31(34,16-17-32(28,30)35)23-6-9-25(36-3)10-7-23/h6-10,26-28,34-35H,4-5,11-22H2,1-3H3/t26-,27-,28+,29-,30+,31-,32-/m0/s1.